The van der Waals surface area contributed by atoms with Gasteiger partial charge in [-0.25, -0.2) is 13.8 Å². The Morgan fingerprint density at radius 3 is 2.72 bits per heavy atom. The molecule has 1 fully saturated rings. The van der Waals surface area contributed by atoms with Crippen molar-refractivity contribution in [2.24, 2.45) is 0 Å². The lowest BCUT2D eigenvalue weighted by atomic mass is 10.3. The van der Waals surface area contributed by atoms with E-state index in [9.17, 15) is 8.78 Å². The van der Waals surface area contributed by atoms with Gasteiger partial charge in [0.2, 0.25) is 0 Å². The minimum Gasteiger partial charge on any atom is -0.383 e. The van der Waals surface area contributed by atoms with E-state index in [0.717, 1.165) is 18.9 Å². The number of pyridine rings is 1. The summed E-state index contributed by atoms with van der Waals surface area (Å²) >= 11 is 0. The molecule has 0 saturated heterocycles. The fourth-order valence-electron chi connectivity index (χ4n) is 1.87. The Kier molecular flexibility index (Phi) is 3.96. The van der Waals surface area contributed by atoms with Gasteiger partial charge in [0.1, 0.15) is 0 Å². The molecule has 0 radical (unpaired) electrons. The van der Waals surface area contributed by atoms with Gasteiger partial charge >= 0.3 is 0 Å². The van der Waals surface area contributed by atoms with Crippen LogP contribution in [0, 0.1) is 11.6 Å². The quantitative estimate of drug-likeness (QED) is 0.846. The molecule has 2 rings (SSSR count). The maximum atomic E-state index is 13.8. The van der Waals surface area contributed by atoms with Crippen molar-refractivity contribution in [1.82, 2.24) is 4.98 Å². The summed E-state index contributed by atoms with van der Waals surface area (Å²) in [6.07, 6.45) is 2.02. The predicted octanol–water partition coefficient (Wildman–Crippen LogP) is 2.02. The molecule has 1 saturated carbocycles. The summed E-state index contributed by atoms with van der Waals surface area (Å²) in [6.45, 7) is 1.05. The van der Waals surface area contributed by atoms with Crippen molar-refractivity contribution in [2.75, 3.05) is 37.5 Å². The van der Waals surface area contributed by atoms with Gasteiger partial charge in [-0.15, -0.1) is 0 Å². The van der Waals surface area contributed by atoms with Crippen LogP contribution in [-0.2, 0) is 4.74 Å². The van der Waals surface area contributed by atoms with E-state index < -0.39 is 11.6 Å². The van der Waals surface area contributed by atoms with Gasteiger partial charge in [0.15, 0.2) is 23.3 Å². The number of nitrogens with zero attached hydrogens (tertiary/aromatic N) is 2. The second kappa shape index (κ2) is 5.48. The minimum absolute atomic E-state index is 0.0643. The highest BCUT2D eigenvalue weighted by Crippen LogP contribution is 2.33. The molecule has 0 aromatic carbocycles. The van der Waals surface area contributed by atoms with Gasteiger partial charge in [-0.2, -0.15) is 0 Å². The third kappa shape index (κ3) is 2.69. The van der Waals surface area contributed by atoms with E-state index in [1.54, 1.807) is 14.2 Å². The molecule has 1 aromatic heterocycles. The molecular formula is C12H17F2N3O. The summed E-state index contributed by atoms with van der Waals surface area (Å²) in [7, 11) is 3.16. The Hall–Kier alpha value is -1.43. The van der Waals surface area contributed by atoms with Crippen LogP contribution in [0.25, 0.3) is 0 Å². The topological polar surface area (TPSA) is 37.4 Å². The van der Waals surface area contributed by atoms with Crippen LogP contribution >= 0.6 is 0 Å². The molecule has 1 aliphatic rings. The van der Waals surface area contributed by atoms with E-state index in [0.29, 0.717) is 13.2 Å². The number of anilines is 2. The molecule has 0 unspecified atom stereocenters. The first-order valence-electron chi connectivity index (χ1n) is 5.96. The summed E-state index contributed by atoms with van der Waals surface area (Å²) in [6, 6.07) is 1.16. The van der Waals surface area contributed by atoms with E-state index in [1.807, 2.05) is 4.90 Å². The Labute approximate surface area is 105 Å². The van der Waals surface area contributed by atoms with E-state index in [4.69, 9.17) is 4.74 Å². The van der Waals surface area contributed by atoms with E-state index in [1.165, 1.54) is 0 Å². The standard InChI is InChI=1S/C12H17F2N3O/c1-15-11-9(13)7-10(14)12(16-11)17(5-6-18-2)8-3-4-8/h7-8H,3-6H2,1-2H3,(H,15,16). The molecule has 0 bridgehead atoms. The van der Waals surface area contributed by atoms with Gasteiger partial charge in [0.25, 0.3) is 0 Å². The maximum Gasteiger partial charge on any atom is 0.168 e. The van der Waals surface area contributed by atoms with Crippen molar-refractivity contribution >= 4 is 11.6 Å². The normalized spacial score (nSPS) is 14.7. The van der Waals surface area contributed by atoms with E-state index in [-0.39, 0.29) is 17.7 Å². The largest absolute Gasteiger partial charge is 0.383 e. The van der Waals surface area contributed by atoms with E-state index in [2.05, 4.69) is 10.3 Å². The molecular weight excluding hydrogens is 240 g/mol. The summed E-state index contributed by atoms with van der Waals surface area (Å²) in [4.78, 5) is 5.86. The molecule has 0 amide bonds. The molecule has 1 heterocycles. The summed E-state index contributed by atoms with van der Waals surface area (Å²) in [5.74, 6) is -1.05. The molecule has 18 heavy (non-hydrogen) atoms. The number of methoxy groups -OCH3 is 1. The van der Waals surface area contributed by atoms with Gasteiger partial charge < -0.3 is 15.0 Å². The zero-order valence-electron chi connectivity index (χ0n) is 10.5. The first-order chi connectivity index (χ1) is 8.67. The Balaban J connectivity index is 2.28. The van der Waals surface area contributed by atoms with Crippen LogP contribution < -0.4 is 10.2 Å². The number of ether oxygens (including phenoxy) is 1. The fraction of sp³-hybridized carbons (Fsp3) is 0.583. The summed E-state index contributed by atoms with van der Waals surface area (Å²) < 4.78 is 32.2. The summed E-state index contributed by atoms with van der Waals surface area (Å²) in [5.41, 5.74) is 0. The molecule has 1 aromatic rings. The number of rotatable bonds is 6. The number of nitrogens with one attached hydrogen (secondary N) is 1. The molecule has 4 nitrogen and oxygen atoms in total. The van der Waals surface area contributed by atoms with Crippen molar-refractivity contribution < 1.29 is 13.5 Å². The highest BCUT2D eigenvalue weighted by atomic mass is 19.1. The predicted molar refractivity (Wildman–Crippen MR) is 65.9 cm³/mol. The number of hydrogen-bond donors (Lipinski definition) is 1. The Bertz CT molecular complexity index is 424. The maximum absolute atomic E-state index is 13.8. The zero-order chi connectivity index (χ0) is 13.1. The zero-order valence-corrected chi connectivity index (χ0v) is 10.5. The van der Waals surface area contributed by atoms with Gasteiger partial charge in [-0.05, 0) is 12.8 Å². The average molecular weight is 257 g/mol. The lowest BCUT2D eigenvalue weighted by Crippen LogP contribution is -2.31. The number of halogens is 2. The lowest BCUT2D eigenvalue weighted by molar-refractivity contribution is 0.204. The van der Waals surface area contributed by atoms with Crippen LogP contribution in [0.15, 0.2) is 6.07 Å². The minimum atomic E-state index is -0.679. The first-order valence-corrected chi connectivity index (χ1v) is 5.96. The van der Waals surface area contributed by atoms with Crippen LogP contribution in [0.2, 0.25) is 0 Å². The molecule has 1 N–H and O–H groups in total. The first kappa shape index (κ1) is 13.0. The molecule has 0 spiro atoms. The summed E-state index contributed by atoms with van der Waals surface area (Å²) in [5, 5.41) is 2.62. The fourth-order valence-corrected chi connectivity index (χ4v) is 1.87. The lowest BCUT2D eigenvalue weighted by Gasteiger charge is -2.24. The molecule has 6 heteroatoms. The molecule has 1 aliphatic carbocycles. The van der Waals surface area contributed by atoms with Gasteiger partial charge in [-0.3, -0.25) is 0 Å². The third-order valence-electron chi connectivity index (χ3n) is 2.94. The molecule has 100 valence electrons. The van der Waals surface area contributed by atoms with Crippen molar-refractivity contribution in [3.8, 4) is 0 Å². The number of aromatic nitrogens is 1. The SMILES string of the molecule is CNc1nc(N(CCOC)C2CC2)c(F)cc1F. The highest BCUT2D eigenvalue weighted by molar-refractivity contribution is 5.50. The van der Waals surface area contributed by atoms with Gasteiger partial charge in [-0.1, -0.05) is 0 Å². The van der Waals surface area contributed by atoms with Crippen molar-refractivity contribution in [2.45, 2.75) is 18.9 Å². The van der Waals surface area contributed by atoms with Crippen LogP contribution in [0.5, 0.6) is 0 Å². The Morgan fingerprint density at radius 1 is 1.44 bits per heavy atom. The van der Waals surface area contributed by atoms with Crippen molar-refractivity contribution in [1.29, 1.82) is 0 Å². The second-order valence-corrected chi connectivity index (χ2v) is 4.29. The van der Waals surface area contributed by atoms with Crippen LogP contribution in [-0.4, -0.2) is 38.3 Å². The highest BCUT2D eigenvalue weighted by Gasteiger charge is 2.32. The third-order valence-corrected chi connectivity index (χ3v) is 2.94. The van der Waals surface area contributed by atoms with Crippen LogP contribution in [0.4, 0.5) is 20.4 Å². The Morgan fingerprint density at radius 2 is 2.17 bits per heavy atom. The van der Waals surface area contributed by atoms with Crippen LogP contribution in [0.1, 0.15) is 12.8 Å². The molecule has 0 aliphatic heterocycles. The van der Waals surface area contributed by atoms with Crippen molar-refractivity contribution in [3.05, 3.63) is 17.7 Å². The average Bonchev–Trinajstić information content (AvgIpc) is 3.16. The second-order valence-electron chi connectivity index (χ2n) is 4.29. The van der Waals surface area contributed by atoms with Gasteiger partial charge in [0, 0.05) is 32.8 Å². The van der Waals surface area contributed by atoms with Gasteiger partial charge in [0.05, 0.1) is 6.61 Å². The number of hydrogen-bond acceptors (Lipinski definition) is 4. The van der Waals surface area contributed by atoms with E-state index >= 15 is 0 Å². The molecule has 0 atom stereocenters. The monoisotopic (exact) mass is 257 g/mol. The smallest absolute Gasteiger partial charge is 0.168 e. The van der Waals surface area contributed by atoms with Crippen molar-refractivity contribution in [3.63, 3.8) is 0 Å². The van der Waals surface area contributed by atoms with Crippen LogP contribution in [0.3, 0.4) is 0 Å².